The highest BCUT2D eigenvalue weighted by Crippen LogP contribution is 2.22. The van der Waals surface area contributed by atoms with Crippen LogP contribution >= 0.6 is 0 Å². The maximum atomic E-state index is 13.8. The van der Waals surface area contributed by atoms with Crippen molar-refractivity contribution in [3.05, 3.63) is 69.5 Å². The van der Waals surface area contributed by atoms with E-state index in [1.54, 1.807) is 18.2 Å². The third-order valence-corrected chi connectivity index (χ3v) is 2.78. The van der Waals surface area contributed by atoms with Crippen molar-refractivity contribution in [1.29, 1.82) is 0 Å². The Labute approximate surface area is 114 Å². The van der Waals surface area contributed by atoms with Crippen LogP contribution in [0.1, 0.15) is 11.1 Å². The molecular formula is C14H13FN2O3. The first-order chi connectivity index (χ1) is 9.61. The summed E-state index contributed by atoms with van der Waals surface area (Å²) in [4.78, 5) is 9.89. The number of ether oxygens (including phenoxy) is 1. The Morgan fingerprint density at radius 1 is 1.25 bits per heavy atom. The molecule has 104 valence electrons. The predicted molar refractivity (Wildman–Crippen MR) is 71.7 cm³/mol. The average molecular weight is 276 g/mol. The predicted octanol–water partition coefficient (Wildman–Crippen LogP) is 2.77. The van der Waals surface area contributed by atoms with E-state index in [1.165, 1.54) is 12.1 Å². The van der Waals surface area contributed by atoms with Crippen LogP contribution in [0, 0.1) is 15.9 Å². The van der Waals surface area contributed by atoms with Crippen LogP contribution in [0.5, 0.6) is 5.75 Å². The number of benzene rings is 2. The quantitative estimate of drug-likeness (QED) is 0.672. The lowest BCUT2D eigenvalue weighted by molar-refractivity contribution is -0.387. The Hall–Kier alpha value is -2.47. The van der Waals surface area contributed by atoms with E-state index in [4.69, 9.17) is 10.5 Å². The standard InChI is InChI=1S/C14H13FN2O3/c15-14-11(4-2-6-13(14)17(18)19)9-20-12-5-1-3-10(7-12)8-16/h1-7H,8-9,16H2. The molecule has 20 heavy (non-hydrogen) atoms. The first-order valence-electron chi connectivity index (χ1n) is 5.95. The molecule has 0 radical (unpaired) electrons. The second kappa shape index (κ2) is 6.12. The van der Waals surface area contributed by atoms with Gasteiger partial charge in [-0.25, -0.2) is 0 Å². The summed E-state index contributed by atoms with van der Waals surface area (Å²) in [5, 5.41) is 10.6. The van der Waals surface area contributed by atoms with Gasteiger partial charge in [0.15, 0.2) is 0 Å². The Bertz CT molecular complexity index is 632. The van der Waals surface area contributed by atoms with E-state index in [2.05, 4.69) is 0 Å². The van der Waals surface area contributed by atoms with Gasteiger partial charge in [0, 0.05) is 18.2 Å². The van der Waals surface area contributed by atoms with Gasteiger partial charge in [-0.05, 0) is 17.7 Å². The van der Waals surface area contributed by atoms with Crippen molar-refractivity contribution >= 4 is 5.69 Å². The first kappa shape index (κ1) is 14.0. The second-order valence-corrected chi connectivity index (χ2v) is 4.15. The molecule has 6 heteroatoms. The van der Waals surface area contributed by atoms with E-state index in [-0.39, 0.29) is 12.2 Å². The smallest absolute Gasteiger partial charge is 0.305 e. The molecule has 5 nitrogen and oxygen atoms in total. The molecule has 0 saturated carbocycles. The summed E-state index contributed by atoms with van der Waals surface area (Å²) >= 11 is 0. The summed E-state index contributed by atoms with van der Waals surface area (Å²) in [6.45, 7) is 0.296. The zero-order chi connectivity index (χ0) is 14.5. The lowest BCUT2D eigenvalue weighted by atomic mass is 10.2. The molecule has 2 N–H and O–H groups in total. The minimum absolute atomic E-state index is 0.0818. The summed E-state index contributed by atoms with van der Waals surface area (Å²) in [6.07, 6.45) is 0. The molecule has 0 aliphatic carbocycles. The van der Waals surface area contributed by atoms with E-state index in [0.717, 1.165) is 11.6 Å². The first-order valence-corrected chi connectivity index (χ1v) is 5.95. The van der Waals surface area contributed by atoms with Gasteiger partial charge in [-0.15, -0.1) is 0 Å². The maximum Gasteiger partial charge on any atom is 0.305 e. The number of nitrogens with two attached hydrogens (primary N) is 1. The molecule has 0 saturated heterocycles. The molecule has 2 rings (SSSR count). The number of nitro groups is 1. The average Bonchev–Trinajstić information content (AvgIpc) is 2.46. The van der Waals surface area contributed by atoms with Gasteiger partial charge in [-0.1, -0.05) is 24.3 Å². The minimum Gasteiger partial charge on any atom is -0.489 e. The van der Waals surface area contributed by atoms with Gasteiger partial charge >= 0.3 is 5.69 Å². The molecule has 0 atom stereocenters. The lowest BCUT2D eigenvalue weighted by Crippen LogP contribution is -2.02. The third kappa shape index (κ3) is 3.10. The number of hydrogen-bond donors (Lipinski definition) is 1. The molecule has 0 aliphatic rings. The molecule has 0 amide bonds. The van der Waals surface area contributed by atoms with Gasteiger partial charge in [0.2, 0.25) is 5.82 Å². The summed E-state index contributed by atoms with van der Waals surface area (Å²) in [7, 11) is 0. The number of rotatable bonds is 5. The van der Waals surface area contributed by atoms with Crippen molar-refractivity contribution in [2.24, 2.45) is 5.73 Å². The van der Waals surface area contributed by atoms with E-state index in [9.17, 15) is 14.5 Å². The van der Waals surface area contributed by atoms with Crippen molar-refractivity contribution in [3.63, 3.8) is 0 Å². The molecule has 0 bridgehead atoms. The summed E-state index contributed by atoms with van der Waals surface area (Å²) < 4.78 is 19.3. The zero-order valence-electron chi connectivity index (χ0n) is 10.6. The Morgan fingerprint density at radius 2 is 2.00 bits per heavy atom. The minimum atomic E-state index is -0.868. The maximum absolute atomic E-state index is 13.8. The number of hydrogen-bond acceptors (Lipinski definition) is 4. The number of halogens is 1. The van der Waals surface area contributed by atoms with E-state index in [0.29, 0.717) is 12.3 Å². The molecule has 2 aromatic rings. The molecule has 0 heterocycles. The van der Waals surface area contributed by atoms with Gasteiger partial charge in [0.05, 0.1) is 4.92 Å². The van der Waals surface area contributed by atoms with Gasteiger partial charge in [-0.3, -0.25) is 10.1 Å². The van der Waals surface area contributed by atoms with Crippen LogP contribution in [-0.2, 0) is 13.2 Å². The van der Waals surface area contributed by atoms with Crippen LogP contribution < -0.4 is 10.5 Å². The van der Waals surface area contributed by atoms with Crippen molar-refractivity contribution in [3.8, 4) is 5.75 Å². The summed E-state index contributed by atoms with van der Waals surface area (Å²) in [5.74, 6) is -0.327. The molecule has 2 aromatic carbocycles. The fraction of sp³-hybridized carbons (Fsp3) is 0.143. The zero-order valence-corrected chi connectivity index (χ0v) is 10.6. The van der Waals surface area contributed by atoms with Crippen LogP contribution in [0.15, 0.2) is 42.5 Å². The van der Waals surface area contributed by atoms with Crippen molar-refractivity contribution < 1.29 is 14.1 Å². The SMILES string of the molecule is NCc1cccc(OCc2cccc([N+](=O)[O-])c2F)c1. The van der Waals surface area contributed by atoms with Crippen LogP contribution in [-0.4, -0.2) is 4.92 Å². The Balaban J connectivity index is 2.14. The molecule has 0 aliphatic heterocycles. The molecule has 0 unspecified atom stereocenters. The monoisotopic (exact) mass is 276 g/mol. The van der Waals surface area contributed by atoms with E-state index >= 15 is 0 Å². The van der Waals surface area contributed by atoms with Crippen LogP contribution in [0.25, 0.3) is 0 Å². The highest BCUT2D eigenvalue weighted by molar-refractivity contribution is 5.37. The van der Waals surface area contributed by atoms with Crippen molar-refractivity contribution in [1.82, 2.24) is 0 Å². The fourth-order valence-electron chi connectivity index (χ4n) is 1.74. The largest absolute Gasteiger partial charge is 0.489 e. The van der Waals surface area contributed by atoms with Gasteiger partial charge < -0.3 is 10.5 Å². The highest BCUT2D eigenvalue weighted by Gasteiger charge is 2.17. The Morgan fingerprint density at radius 3 is 2.70 bits per heavy atom. The molecular weight excluding hydrogens is 263 g/mol. The summed E-state index contributed by atoms with van der Waals surface area (Å²) in [6, 6.07) is 11.1. The third-order valence-electron chi connectivity index (χ3n) is 2.78. The number of nitro benzene ring substituents is 1. The normalized spacial score (nSPS) is 10.3. The fourth-order valence-corrected chi connectivity index (χ4v) is 1.74. The lowest BCUT2D eigenvalue weighted by Gasteiger charge is -2.08. The molecule has 0 fully saturated rings. The second-order valence-electron chi connectivity index (χ2n) is 4.15. The molecule has 0 spiro atoms. The van der Waals surface area contributed by atoms with Gasteiger partial charge in [-0.2, -0.15) is 4.39 Å². The highest BCUT2D eigenvalue weighted by atomic mass is 19.1. The van der Waals surface area contributed by atoms with Crippen molar-refractivity contribution in [2.75, 3.05) is 0 Å². The van der Waals surface area contributed by atoms with Crippen LogP contribution in [0.4, 0.5) is 10.1 Å². The van der Waals surface area contributed by atoms with Gasteiger partial charge in [0.1, 0.15) is 12.4 Å². The topological polar surface area (TPSA) is 78.4 Å². The molecule has 0 aromatic heterocycles. The summed E-state index contributed by atoms with van der Waals surface area (Å²) in [5.41, 5.74) is 5.99. The van der Waals surface area contributed by atoms with Crippen molar-refractivity contribution in [2.45, 2.75) is 13.2 Å². The Kier molecular flexibility index (Phi) is 4.27. The van der Waals surface area contributed by atoms with Crippen LogP contribution in [0.2, 0.25) is 0 Å². The van der Waals surface area contributed by atoms with E-state index in [1.807, 2.05) is 6.07 Å². The number of nitrogens with zero attached hydrogens (tertiary/aromatic N) is 1. The van der Waals surface area contributed by atoms with Crippen LogP contribution in [0.3, 0.4) is 0 Å². The van der Waals surface area contributed by atoms with E-state index < -0.39 is 16.4 Å². The van der Waals surface area contributed by atoms with Gasteiger partial charge in [0.25, 0.3) is 0 Å².